The van der Waals surface area contributed by atoms with Crippen LogP contribution < -0.4 is 0 Å². The highest BCUT2D eigenvalue weighted by molar-refractivity contribution is 4.93. The predicted molar refractivity (Wildman–Crippen MR) is 72.0 cm³/mol. The van der Waals surface area contributed by atoms with Crippen molar-refractivity contribution in [2.24, 2.45) is 5.41 Å². The number of aromatic nitrogens is 3. The first-order valence-corrected chi connectivity index (χ1v) is 6.86. The lowest BCUT2D eigenvalue weighted by molar-refractivity contribution is 0.409. The van der Waals surface area contributed by atoms with Gasteiger partial charge < -0.3 is 0 Å². The minimum Gasteiger partial charge on any atom is -0.250 e. The molecule has 0 saturated heterocycles. The topological polar surface area (TPSA) is 54.5 Å². The third-order valence-corrected chi connectivity index (χ3v) is 3.15. The summed E-state index contributed by atoms with van der Waals surface area (Å²) >= 11 is 0. The Kier molecular flexibility index (Phi) is 5.33. The lowest BCUT2D eigenvalue weighted by Gasteiger charge is -2.14. The third-order valence-electron chi connectivity index (χ3n) is 3.15. The number of unbranched alkanes of at least 4 members (excludes halogenated alkanes) is 1. The van der Waals surface area contributed by atoms with Gasteiger partial charge in [-0.1, -0.05) is 20.3 Å². The smallest absolute Gasteiger partial charge is 0.150 e. The van der Waals surface area contributed by atoms with E-state index in [1.54, 1.807) is 0 Å². The van der Waals surface area contributed by atoms with Crippen LogP contribution in [0, 0.1) is 16.7 Å². The average molecular weight is 248 g/mol. The second-order valence-electron chi connectivity index (χ2n) is 5.33. The molecule has 1 rings (SSSR count). The zero-order valence-electron chi connectivity index (χ0n) is 12.0. The molecular weight excluding hydrogens is 224 g/mol. The van der Waals surface area contributed by atoms with E-state index in [2.05, 4.69) is 30.0 Å². The summed E-state index contributed by atoms with van der Waals surface area (Å²) < 4.78 is 2.03. The molecule has 0 bridgehead atoms. The fourth-order valence-corrected chi connectivity index (χ4v) is 1.90. The zero-order valence-corrected chi connectivity index (χ0v) is 12.0. The van der Waals surface area contributed by atoms with Gasteiger partial charge in [0.15, 0.2) is 5.82 Å². The third kappa shape index (κ3) is 4.14. The van der Waals surface area contributed by atoms with E-state index in [1.165, 1.54) is 0 Å². The summed E-state index contributed by atoms with van der Waals surface area (Å²) in [5, 5.41) is 13.4. The molecule has 0 fully saturated rings. The molecule has 0 aliphatic heterocycles. The molecule has 0 saturated carbocycles. The predicted octanol–water partition coefficient (Wildman–Crippen LogP) is 3.12. The number of aryl methyl sites for hydroxylation is 3. The van der Waals surface area contributed by atoms with Crippen LogP contribution in [0.2, 0.25) is 0 Å². The molecule has 0 aliphatic carbocycles. The van der Waals surface area contributed by atoms with Gasteiger partial charge in [0.05, 0.1) is 11.5 Å². The Morgan fingerprint density at radius 2 is 1.94 bits per heavy atom. The molecule has 1 aromatic heterocycles. The van der Waals surface area contributed by atoms with Gasteiger partial charge in [-0.05, 0) is 26.7 Å². The van der Waals surface area contributed by atoms with Gasteiger partial charge in [0.25, 0.3) is 0 Å². The molecule has 4 heteroatoms. The van der Waals surface area contributed by atoms with Crippen molar-refractivity contribution in [2.75, 3.05) is 0 Å². The fourth-order valence-electron chi connectivity index (χ4n) is 1.90. The van der Waals surface area contributed by atoms with Crippen LogP contribution in [0.15, 0.2) is 0 Å². The summed E-state index contributed by atoms with van der Waals surface area (Å²) in [5.41, 5.74) is -0.204. The second kappa shape index (κ2) is 6.53. The monoisotopic (exact) mass is 248 g/mol. The van der Waals surface area contributed by atoms with Crippen molar-refractivity contribution >= 4 is 0 Å². The largest absolute Gasteiger partial charge is 0.250 e. The molecular formula is C14H24N4. The molecule has 1 aromatic rings. The van der Waals surface area contributed by atoms with Gasteiger partial charge in [-0.25, -0.2) is 9.67 Å². The van der Waals surface area contributed by atoms with Gasteiger partial charge in [-0.15, -0.1) is 0 Å². The summed E-state index contributed by atoms with van der Waals surface area (Å²) in [7, 11) is 0. The standard InChI is InChI=1S/C14H24N4/c1-5-12-16-13(6-2)18(17-12)10-8-7-9-14(3,4)11-15/h5-10H2,1-4H3. The number of nitriles is 1. The molecule has 100 valence electrons. The highest BCUT2D eigenvalue weighted by Crippen LogP contribution is 2.21. The molecule has 0 unspecified atom stereocenters. The maximum absolute atomic E-state index is 8.95. The molecule has 0 aromatic carbocycles. The summed E-state index contributed by atoms with van der Waals surface area (Å²) in [5.74, 6) is 2.01. The lowest BCUT2D eigenvalue weighted by atomic mass is 9.89. The number of hydrogen-bond donors (Lipinski definition) is 0. The quantitative estimate of drug-likeness (QED) is 0.697. The normalized spacial score (nSPS) is 11.5. The number of hydrogen-bond acceptors (Lipinski definition) is 3. The molecule has 0 aliphatic rings. The number of rotatable bonds is 7. The van der Waals surface area contributed by atoms with Crippen molar-refractivity contribution in [3.8, 4) is 6.07 Å². The van der Waals surface area contributed by atoms with Gasteiger partial charge in [-0.3, -0.25) is 0 Å². The van der Waals surface area contributed by atoms with E-state index in [0.29, 0.717) is 0 Å². The van der Waals surface area contributed by atoms with Crippen molar-refractivity contribution in [2.45, 2.75) is 66.3 Å². The van der Waals surface area contributed by atoms with Crippen molar-refractivity contribution in [3.05, 3.63) is 11.6 Å². The van der Waals surface area contributed by atoms with Crippen molar-refractivity contribution in [1.29, 1.82) is 5.26 Å². The maximum Gasteiger partial charge on any atom is 0.150 e. The summed E-state index contributed by atoms with van der Waals surface area (Å²) in [6.45, 7) is 9.09. The van der Waals surface area contributed by atoms with Crippen LogP contribution in [0.25, 0.3) is 0 Å². The summed E-state index contributed by atoms with van der Waals surface area (Å²) in [6.07, 6.45) is 4.88. The Morgan fingerprint density at radius 3 is 2.50 bits per heavy atom. The minimum absolute atomic E-state index is 0.204. The van der Waals surface area contributed by atoms with E-state index >= 15 is 0 Å². The first-order chi connectivity index (χ1) is 8.52. The van der Waals surface area contributed by atoms with Gasteiger partial charge in [0.2, 0.25) is 0 Å². The Morgan fingerprint density at radius 1 is 1.22 bits per heavy atom. The van der Waals surface area contributed by atoms with Crippen LogP contribution in [0.1, 0.15) is 58.6 Å². The molecule has 1 heterocycles. The van der Waals surface area contributed by atoms with E-state index < -0.39 is 0 Å². The Hall–Kier alpha value is -1.37. The molecule has 0 atom stereocenters. The molecule has 4 nitrogen and oxygen atoms in total. The van der Waals surface area contributed by atoms with E-state index in [4.69, 9.17) is 5.26 Å². The average Bonchev–Trinajstić information content (AvgIpc) is 2.77. The van der Waals surface area contributed by atoms with E-state index in [9.17, 15) is 0 Å². The van der Waals surface area contributed by atoms with Crippen LogP contribution in [0.5, 0.6) is 0 Å². The molecule has 18 heavy (non-hydrogen) atoms. The first-order valence-electron chi connectivity index (χ1n) is 6.86. The lowest BCUT2D eigenvalue weighted by Crippen LogP contribution is -2.09. The van der Waals surface area contributed by atoms with E-state index in [1.807, 2.05) is 18.5 Å². The summed E-state index contributed by atoms with van der Waals surface area (Å²) in [4.78, 5) is 4.49. The van der Waals surface area contributed by atoms with E-state index in [-0.39, 0.29) is 5.41 Å². The Bertz CT molecular complexity index is 412. The molecule has 0 N–H and O–H groups in total. The van der Waals surface area contributed by atoms with Crippen LogP contribution in [-0.4, -0.2) is 14.8 Å². The van der Waals surface area contributed by atoms with Gasteiger partial charge in [0.1, 0.15) is 5.82 Å². The van der Waals surface area contributed by atoms with Gasteiger partial charge >= 0.3 is 0 Å². The van der Waals surface area contributed by atoms with Crippen LogP contribution in [0.3, 0.4) is 0 Å². The Balaban J connectivity index is 2.44. The second-order valence-corrected chi connectivity index (χ2v) is 5.33. The fraction of sp³-hybridized carbons (Fsp3) is 0.786. The van der Waals surface area contributed by atoms with Crippen molar-refractivity contribution in [1.82, 2.24) is 14.8 Å². The van der Waals surface area contributed by atoms with Gasteiger partial charge in [-0.2, -0.15) is 10.4 Å². The van der Waals surface area contributed by atoms with Crippen LogP contribution >= 0.6 is 0 Å². The highest BCUT2D eigenvalue weighted by atomic mass is 15.3. The van der Waals surface area contributed by atoms with Crippen molar-refractivity contribution in [3.63, 3.8) is 0 Å². The van der Waals surface area contributed by atoms with Crippen molar-refractivity contribution < 1.29 is 0 Å². The molecule has 0 amide bonds. The maximum atomic E-state index is 8.95. The molecule has 0 spiro atoms. The molecule has 0 radical (unpaired) electrons. The first kappa shape index (κ1) is 14.7. The Labute approximate surface area is 110 Å². The highest BCUT2D eigenvalue weighted by Gasteiger charge is 2.15. The SMILES string of the molecule is CCc1nc(CC)n(CCCCC(C)(C)C#N)n1. The van der Waals surface area contributed by atoms with Crippen LogP contribution in [0.4, 0.5) is 0 Å². The van der Waals surface area contributed by atoms with Crippen LogP contribution in [-0.2, 0) is 19.4 Å². The summed E-state index contributed by atoms with van der Waals surface area (Å²) in [6, 6.07) is 2.34. The zero-order chi connectivity index (χ0) is 13.6. The number of nitrogens with zero attached hydrogens (tertiary/aromatic N) is 4. The minimum atomic E-state index is -0.204. The van der Waals surface area contributed by atoms with Gasteiger partial charge in [0, 0.05) is 19.4 Å². The van der Waals surface area contributed by atoms with E-state index in [0.717, 1.165) is 50.3 Å².